The minimum absolute atomic E-state index is 0.00700. The Bertz CT molecular complexity index is 875. The SMILES string of the molecule is CCCCC(CCCC)CC(=O)OCCCCCCCCCCC(CCCCCCCCCCOC(=O)CC(CCCC)CCCC)NC(=O)CCN(C(C)C)C(C)C. The van der Waals surface area contributed by atoms with E-state index in [1.807, 2.05) is 0 Å². The monoisotopic (exact) mass is 835 g/mol. The van der Waals surface area contributed by atoms with Crippen LogP contribution >= 0.6 is 0 Å². The lowest BCUT2D eigenvalue weighted by Gasteiger charge is -2.30. The highest BCUT2D eigenvalue weighted by atomic mass is 16.5. The summed E-state index contributed by atoms with van der Waals surface area (Å²) in [5, 5.41) is 3.45. The van der Waals surface area contributed by atoms with E-state index in [2.05, 4.69) is 65.6 Å². The zero-order valence-electron chi connectivity index (χ0n) is 40.8. The molecule has 0 spiro atoms. The Morgan fingerprint density at radius 3 is 1.08 bits per heavy atom. The van der Waals surface area contributed by atoms with Crippen molar-refractivity contribution in [1.82, 2.24) is 10.2 Å². The first-order valence-electron chi connectivity index (χ1n) is 25.9. The maximum absolute atomic E-state index is 13.1. The van der Waals surface area contributed by atoms with Gasteiger partial charge in [0.05, 0.1) is 13.2 Å². The summed E-state index contributed by atoms with van der Waals surface area (Å²) in [6.45, 7) is 19.7. The number of carbonyl (C=O) groups excluding carboxylic acids is 3. The molecule has 350 valence electrons. The first-order valence-corrected chi connectivity index (χ1v) is 25.9. The van der Waals surface area contributed by atoms with E-state index < -0.39 is 0 Å². The molecule has 1 N–H and O–H groups in total. The van der Waals surface area contributed by atoms with Gasteiger partial charge in [-0.15, -0.1) is 0 Å². The van der Waals surface area contributed by atoms with Gasteiger partial charge < -0.3 is 14.8 Å². The fourth-order valence-corrected chi connectivity index (χ4v) is 8.67. The molecule has 0 aliphatic carbocycles. The normalized spacial score (nSPS) is 11.9. The van der Waals surface area contributed by atoms with Crippen LogP contribution in [0.4, 0.5) is 0 Å². The summed E-state index contributed by atoms with van der Waals surface area (Å²) in [4.78, 5) is 40.3. The summed E-state index contributed by atoms with van der Waals surface area (Å²) in [6.07, 6.45) is 37.1. The van der Waals surface area contributed by atoms with Gasteiger partial charge in [0.2, 0.25) is 5.91 Å². The number of nitrogens with zero attached hydrogens (tertiary/aromatic N) is 1. The Hall–Kier alpha value is -1.63. The molecule has 0 bridgehead atoms. The lowest BCUT2D eigenvalue weighted by molar-refractivity contribution is -0.146. The number of hydrogen-bond donors (Lipinski definition) is 1. The molecular weight excluding hydrogens is 733 g/mol. The smallest absolute Gasteiger partial charge is 0.306 e. The molecule has 7 heteroatoms. The molecule has 0 aromatic carbocycles. The van der Waals surface area contributed by atoms with E-state index in [1.165, 1.54) is 128 Å². The van der Waals surface area contributed by atoms with Crippen LogP contribution in [-0.4, -0.2) is 60.6 Å². The summed E-state index contributed by atoms with van der Waals surface area (Å²) < 4.78 is 11.2. The molecule has 0 unspecified atom stereocenters. The largest absolute Gasteiger partial charge is 0.466 e. The maximum atomic E-state index is 13.1. The van der Waals surface area contributed by atoms with Crippen molar-refractivity contribution < 1.29 is 23.9 Å². The minimum Gasteiger partial charge on any atom is -0.466 e. The molecule has 0 saturated heterocycles. The van der Waals surface area contributed by atoms with Crippen molar-refractivity contribution in [3.05, 3.63) is 0 Å². The number of ether oxygens (including phenoxy) is 2. The minimum atomic E-state index is 0.00700. The number of esters is 2. The van der Waals surface area contributed by atoms with Gasteiger partial charge in [-0.3, -0.25) is 19.3 Å². The van der Waals surface area contributed by atoms with Crippen molar-refractivity contribution in [2.75, 3.05) is 19.8 Å². The molecule has 59 heavy (non-hydrogen) atoms. The van der Waals surface area contributed by atoms with Crippen LogP contribution in [0, 0.1) is 11.8 Å². The number of hydrogen-bond acceptors (Lipinski definition) is 6. The lowest BCUT2D eigenvalue weighted by Crippen LogP contribution is -2.41. The molecule has 0 aliphatic rings. The molecule has 0 radical (unpaired) electrons. The quantitative estimate of drug-likeness (QED) is 0.0486. The molecule has 0 heterocycles. The molecule has 7 nitrogen and oxygen atoms in total. The van der Waals surface area contributed by atoms with Crippen molar-refractivity contribution in [2.24, 2.45) is 11.8 Å². The Morgan fingerprint density at radius 2 is 0.763 bits per heavy atom. The number of nitrogens with one attached hydrogen (secondary N) is 1. The average Bonchev–Trinajstić information content (AvgIpc) is 3.20. The van der Waals surface area contributed by atoms with Gasteiger partial charge in [-0.1, -0.05) is 169 Å². The number of rotatable bonds is 44. The van der Waals surface area contributed by atoms with Gasteiger partial charge in [0.25, 0.3) is 0 Å². The zero-order valence-corrected chi connectivity index (χ0v) is 40.8. The first kappa shape index (κ1) is 57.4. The van der Waals surface area contributed by atoms with E-state index in [4.69, 9.17) is 9.47 Å². The van der Waals surface area contributed by atoms with E-state index in [0.717, 1.165) is 70.8 Å². The molecule has 0 rings (SSSR count). The van der Waals surface area contributed by atoms with Crippen LogP contribution in [0.5, 0.6) is 0 Å². The molecule has 0 aromatic heterocycles. The number of carbonyl (C=O) groups is 3. The van der Waals surface area contributed by atoms with E-state index >= 15 is 0 Å². The molecule has 0 fully saturated rings. The molecule has 0 atom stereocenters. The van der Waals surface area contributed by atoms with Crippen molar-refractivity contribution in [3.8, 4) is 0 Å². The van der Waals surface area contributed by atoms with Crippen LogP contribution in [0.1, 0.15) is 267 Å². The van der Waals surface area contributed by atoms with Crippen molar-refractivity contribution in [1.29, 1.82) is 0 Å². The predicted octanol–water partition coefficient (Wildman–Crippen LogP) is 14.9. The molecule has 0 saturated carbocycles. The van der Waals surface area contributed by atoms with Crippen LogP contribution in [0.25, 0.3) is 0 Å². The van der Waals surface area contributed by atoms with E-state index in [0.29, 0.717) is 56.4 Å². The summed E-state index contributed by atoms with van der Waals surface area (Å²) in [5.74, 6) is 1.21. The highest BCUT2D eigenvalue weighted by molar-refractivity contribution is 5.76. The average molecular weight is 835 g/mol. The van der Waals surface area contributed by atoms with Gasteiger partial charge in [-0.05, 0) is 90.9 Å². The topological polar surface area (TPSA) is 84.9 Å². The van der Waals surface area contributed by atoms with Gasteiger partial charge in [0.1, 0.15) is 0 Å². The van der Waals surface area contributed by atoms with E-state index in [1.54, 1.807) is 0 Å². The Kier molecular flexibility index (Phi) is 40.6. The highest BCUT2D eigenvalue weighted by Crippen LogP contribution is 2.22. The van der Waals surface area contributed by atoms with Crippen molar-refractivity contribution in [2.45, 2.75) is 285 Å². The Balaban J connectivity index is 4.35. The van der Waals surface area contributed by atoms with Crippen LogP contribution in [0.3, 0.4) is 0 Å². The summed E-state index contributed by atoms with van der Waals surface area (Å²) in [6, 6.07) is 1.16. The number of unbranched alkanes of at least 4 members (excludes halogenated alkanes) is 18. The van der Waals surface area contributed by atoms with Crippen molar-refractivity contribution >= 4 is 17.8 Å². The molecule has 0 aliphatic heterocycles. The molecular formula is C52H102N2O5. The second-order valence-electron chi connectivity index (χ2n) is 18.8. The van der Waals surface area contributed by atoms with E-state index in [9.17, 15) is 14.4 Å². The standard InChI is InChI=1S/C52H102N2O5/c1-9-13-33-47(34-14-10-2)43-51(56)58-41-31-27-23-19-17-21-25-29-37-49(53-50(55)39-40-54(45(5)6)46(7)8)38-30-26-22-18-20-24-28-32-42-59-52(57)44-48(35-15-11-3)36-16-12-4/h45-49H,9-44H2,1-8H3,(H,53,55). The van der Waals surface area contributed by atoms with Gasteiger partial charge in [0.15, 0.2) is 0 Å². The second kappa shape index (κ2) is 41.7. The van der Waals surface area contributed by atoms with Crippen LogP contribution < -0.4 is 5.32 Å². The first-order chi connectivity index (χ1) is 28.6. The lowest BCUT2D eigenvalue weighted by atomic mass is 9.93. The summed E-state index contributed by atoms with van der Waals surface area (Å²) in [7, 11) is 0. The maximum Gasteiger partial charge on any atom is 0.306 e. The molecule has 0 aromatic rings. The van der Waals surface area contributed by atoms with Gasteiger partial charge in [-0.25, -0.2) is 0 Å². The number of amides is 1. The highest BCUT2D eigenvalue weighted by Gasteiger charge is 2.18. The second-order valence-corrected chi connectivity index (χ2v) is 18.8. The van der Waals surface area contributed by atoms with E-state index in [-0.39, 0.29) is 23.9 Å². The predicted molar refractivity (Wildman–Crippen MR) is 253 cm³/mol. The summed E-state index contributed by atoms with van der Waals surface area (Å²) in [5.41, 5.74) is 0. The molecule has 1 amide bonds. The van der Waals surface area contributed by atoms with Crippen LogP contribution in [0.2, 0.25) is 0 Å². The fraction of sp³-hybridized carbons (Fsp3) is 0.942. The Labute approximate surface area is 367 Å². The third-order valence-corrected chi connectivity index (χ3v) is 12.5. The summed E-state index contributed by atoms with van der Waals surface area (Å²) >= 11 is 0. The van der Waals surface area contributed by atoms with Gasteiger partial charge in [-0.2, -0.15) is 0 Å². The Morgan fingerprint density at radius 1 is 0.441 bits per heavy atom. The fourth-order valence-electron chi connectivity index (χ4n) is 8.67. The van der Waals surface area contributed by atoms with Gasteiger partial charge in [0, 0.05) is 43.9 Å². The third kappa shape index (κ3) is 36.7. The van der Waals surface area contributed by atoms with Crippen molar-refractivity contribution in [3.63, 3.8) is 0 Å². The third-order valence-electron chi connectivity index (χ3n) is 12.5. The zero-order chi connectivity index (χ0) is 43.8. The van der Waals surface area contributed by atoms with Crippen LogP contribution in [0.15, 0.2) is 0 Å². The van der Waals surface area contributed by atoms with Crippen LogP contribution in [-0.2, 0) is 23.9 Å². The van der Waals surface area contributed by atoms with Gasteiger partial charge >= 0.3 is 11.9 Å².